The van der Waals surface area contributed by atoms with Crippen LogP contribution in [0.5, 0.6) is 5.75 Å². The third-order valence-electron chi connectivity index (χ3n) is 5.94. The van der Waals surface area contributed by atoms with Gasteiger partial charge in [-0.05, 0) is 60.7 Å². The monoisotopic (exact) mass is 411 g/mol. The molecule has 0 unspecified atom stereocenters. The number of pyridine rings is 1. The first-order valence-electron chi connectivity index (χ1n) is 10.2. The van der Waals surface area contributed by atoms with Gasteiger partial charge in [0.25, 0.3) is 6.73 Å². The number of nitrogens with zero attached hydrogens (tertiary/aromatic N) is 1. The lowest BCUT2D eigenvalue weighted by Crippen LogP contribution is -2.35. The molecule has 0 aliphatic rings. The maximum absolute atomic E-state index is 12.3. The molecule has 0 fully saturated rings. The molecule has 0 spiro atoms. The van der Waals surface area contributed by atoms with E-state index in [4.69, 9.17) is 9.47 Å². The van der Waals surface area contributed by atoms with E-state index in [0.717, 1.165) is 27.6 Å². The molecule has 0 saturated heterocycles. The van der Waals surface area contributed by atoms with Gasteiger partial charge < -0.3 is 14.5 Å². The number of aryl methyl sites for hydroxylation is 2. The van der Waals surface area contributed by atoms with Crippen LogP contribution >= 0.6 is 0 Å². The van der Waals surface area contributed by atoms with Gasteiger partial charge in [-0.15, -0.1) is 0 Å². The molecule has 0 aliphatic heterocycles. The molecule has 0 aliphatic carbocycles. The largest absolute Gasteiger partial charge is 0.497 e. The van der Waals surface area contributed by atoms with Gasteiger partial charge in [0.15, 0.2) is 12.4 Å². The highest BCUT2D eigenvalue weighted by Crippen LogP contribution is 2.37. The Labute approximate surface area is 179 Å². The maximum atomic E-state index is 12.3. The Morgan fingerprint density at radius 2 is 1.77 bits per heavy atom. The van der Waals surface area contributed by atoms with Gasteiger partial charge in [0.1, 0.15) is 5.75 Å². The van der Waals surface area contributed by atoms with Gasteiger partial charge in [-0.2, -0.15) is 4.57 Å². The number of hydrogen-bond donors (Lipinski definition) is 1. The first-order valence-corrected chi connectivity index (χ1v) is 10.2. The van der Waals surface area contributed by atoms with Crippen LogP contribution in [0, 0.1) is 13.8 Å². The Hall–Kier alpha value is -3.86. The van der Waals surface area contributed by atoms with E-state index in [-0.39, 0.29) is 12.7 Å². The van der Waals surface area contributed by atoms with E-state index in [2.05, 4.69) is 37.0 Å². The number of methoxy groups -OCH3 is 1. The van der Waals surface area contributed by atoms with Crippen LogP contribution in [0.25, 0.3) is 32.6 Å². The van der Waals surface area contributed by atoms with Crippen LogP contribution in [0.3, 0.4) is 0 Å². The number of H-pyrrole nitrogens is 1. The summed E-state index contributed by atoms with van der Waals surface area (Å²) in [4.78, 5) is 15.9. The summed E-state index contributed by atoms with van der Waals surface area (Å²) in [5.74, 6) is 0.502. The van der Waals surface area contributed by atoms with Gasteiger partial charge in [0.2, 0.25) is 0 Å². The lowest BCUT2D eigenvalue weighted by molar-refractivity contribution is -0.726. The zero-order chi connectivity index (χ0) is 21.5. The molecule has 2 aromatic heterocycles. The minimum atomic E-state index is -0.333. The van der Waals surface area contributed by atoms with E-state index in [1.165, 1.54) is 21.9 Å². The molecule has 2 heterocycles. The number of fused-ring (bicyclic) bond motifs is 4. The van der Waals surface area contributed by atoms with Crippen molar-refractivity contribution in [2.24, 2.45) is 0 Å². The second-order valence-electron chi connectivity index (χ2n) is 7.75. The molecular weight excluding hydrogens is 388 g/mol. The molecule has 0 radical (unpaired) electrons. The number of aromatic amines is 1. The number of esters is 1. The van der Waals surface area contributed by atoms with Crippen molar-refractivity contribution in [3.63, 3.8) is 0 Å². The quantitative estimate of drug-likeness (QED) is 0.327. The summed E-state index contributed by atoms with van der Waals surface area (Å²) in [5, 5.41) is 4.64. The highest BCUT2D eigenvalue weighted by molar-refractivity contribution is 6.16. The minimum absolute atomic E-state index is 0.155. The normalized spacial score (nSPS) is 11.3. The van der Waals surface area contributed by atoms with Crippen LogP contribution in [0.1, 0.15) is 21.5 Å². The molecular formula is C26H23N2O3+. The topological polar surface area (TPSA) is 55.2 Å². The summed E-state index contributed by atoms with van der Waals surface area (Å²) in [6, 6.07) is 17.2. The zero-order valence-corrected chi connectivity index (χ0v) is 17.7. The zero-order valence-electron chi connectivity index (χ0n) is 17.7. The first kappa shape index (κ1) is 19.1. The third kappa shape index (κ3) is 3.19. The molecule has 5 heteroatoms. The van der Waals surface area contributed by atoms with Gasteiger partial charge >= 0.3 is 5.97 Å². The second kappa shape index (κ2) is 7.43. The lowest BCUT2D eigenvalue weighted by Gasteiger charge is -2.09. The van der Waals surface area contributed by atoms with Gasteiger partial charge in [-0.25, -0.2) is 4.79 Å². The summed E-state index contributed by atoms with van der Waals surface area (Å²) in [6.45, 7) is 4.43. The van der Waals surface area contributed by atoms with Crippen LogP contribution in [0.15, 0.2) is 67.0 Å². The highest BCUT2D eigenvalue weighted by atomic mass is 16.5. The Kier molecular flexibility index (Phi) is 4.59. The van der Waals surface area contributed by atoms with E-state index in [1.54, 1.807) is 19.2 Å². The van der Waals surface area contributed by atoms with Crippen molar-refractivity contribution in [1.82, 2.24) is 4.98 Å². The molecule has 5 aromatic rings. The van der Waals surface area contributed by atoms with Crippen molar-refractivity contribution < 1.29 is 18.8 Å². The summed E-state index contributed by atoms with van der Waals surface area (Å²) >= 11 is 0. The molecule has 154 valence electrons. The van der Waals surface area contributed by atoms with E-state index in [0.29, 0.717) is 5.56 Å². The molecule has 0 atom stereocenters. The number of nitrogens with one attached hydrogen (secondary N) is 1. The number of carbonyl (C=O) groups is 1. The van der Waals surface area contributed by atoms with Gasteiger partial charge in [0.05, 0.1) is 18.2 Å². The molecule has 5 rings (SSSR count). The molecule has 5 nitrogen and oxygen atoms in total. The van der Waals surface area contributed by atoms with Gasteiger partial charge in [0, 0.05) is 27.7 Å². The fourth-order valence-corrected chi connectivity index (χ4v) is 4.27. The molecule has 1 N–H and O–H groups in total. The SMILES string of the molecule is COc1ccc2[nH]c3c(C)c4cc[n+](COC(=O)c5ccccc5)cc4c(C)c3c2c1. The third-order valence-corrected chi connectivity index (χ3v) is 5.94. The minimum Gasteiger partial charge on any atom is -0.497 e. The Morgan fingerprint density at radius 1 is 0.968 bits per heavy atom. The number of aromatic nitrogens is 2. The van der Waals surface area contributed by atoms with E-state index in [9.17, 15) is 4.79 Å². The summed E-state index contributed by atoms with van der Waals surface area (Å²) in [7, 11) is 1.68. The molecule has 31 heavy (non-hydrogen) atoms. The second-order valence-corrected chi connectivity index (χ2v) is 7.75. The molecule has 3 aromatic carbocycles. The van der Waals surface area contributed by atoms with Crippen molar-refractivity contribution in [2.45, 2.75) is 20.6 Å². The van der Waals surface area contributed by atoms with Gasteiger partial charge in [-0.1, -0.05) is 18.2 Å². The van der Waals surface area contributed by atoms with E-state index < -0.39 is 0 Å². The maximum Gasteiger partial charge on any atom is 0.342 e. The number of hydrogen-bond acceptors (Lipinski definition) is 3. The standard InChI is InChI=1S/C26H22N2O3/c1-16-22-14-28(15-31-26(29)18-7-5-4-6-8-18)12-11-20(22)17(2)25-24(16)21-13-19(30-3)9-10-23(21)27-25/h4-14H,15H2,1-3H3/p+1. The van der Waals surface area contributed by atoms with Crippen molar-refractivity contribution in [3.05, 3.63) is 83.7 Å². The van der Waals surface area contributed by atoms with Crippen molar-refractivity contribution in [2.75, 3.05) is 7.11 Å². The van der Waals surface area contributed by atoms with Crippen molar-refractivity contribution in [1.29, 1.82) is 0 Å². The number of benzene rings is 3. The first-order chi connectivity index (χ1) is 15.1. The molecule has 0 saturated carbocycles. The molecule has 0 bridgehead atoms. The average molecular weight is 411 g/mol. The average Bonchev–Trinajstić information content (AvgIpc) is 3.20. The predicted molar refractivity (Wildman–Crippen MR) is 121 cm³/mol. The van der Waals surface area contributed by atoms with Crippen LogP contribution in [-0.2, 0) is 11.5 Å². The number of rotatable bonds is 4. The number of carbonyl (C=O) groups excluding carboxylic acids is 1. The van der Waals surface area contributed by atoms with Crippen LogP contribution < -0.4 is 9.30 Å². The van der Waals surface area contributed by atoms with Gasteiger partial charge in [-0.3, -0.25) is 0 Å². The summed E-state index contributed by atoms with van der Waals surface area (Å²) in [5.41, 5.74) is 5.15. The number of ether oxygens (including phenoxy) is 2. The molecule has 0 amide bonds. The van der Waals surface area contributed by atoms with Crippen LogP contribution in [-0.4, -0.2) is 18.1 Å². The van der Waals surface area contributed by atoms with Crippen LogP contribution in [0.4, 0.5) is 0 Å². The fourth-order valence-electron chi connectivity index (χ4n) is 4.27. The smallest absolute Gasteiger partial charge is 0.342 e. The lowest BCUT2D eigenvalue weighted by atomic mass is 9.97. The van der Waals surface area contributed by atoms with E-state index >= 15 is 0 Å². The van der Waals surface area contributed by atoms with Crippen molar-refractivity contribution in [3.8, 4) is 5.75 Å². The highest BCUT2D eigenvalue weighted by Gasteiger charge is 2.17. The predicted octanol–water partition coefficient (Wildman–Crippen LogP) is 5.20. The Bertz CT molecular complexity index is 1450. The van der Waals surface area contributed by atoms with E-state index in [1.807, 2.05) is 41.2 Å². The summed E-state index contributed by atoms with van der Waals surface area (Å²) < 4.78 is 12.8. The Balaban J connectivity index is 1.59. The van der Waals surface area contributed by atoms with Crippen molar-refractivity contribution >= 4 is 38.5 Å². The Morgan fingerprint density at radius 3 is 2.55 bits per heavy atom. The fraction of sp³-hybridized carbons (Fsp3) is 0.154. The van der Waals surface area contributed by atoms with Crippen LogP contribution in [0.2, 0.25) is 0 Å². The summed E-state index contributed by atoms with van der Waals surface area (Å²) in [6.07, 6.45) is 4.00.